The van der Waals surface area contributed by atoms with Gasteiger partial charge in [0, 0.05) is 54.7 Å². The van der Waals surface area contributed by atoms with Crippen LogP contribution in [0.25, 0.3) is 0 Å². The molecule has 0 radical (unpaired) electrons. The van der Waals surface area contributed by atoms with E-state index in [1.54, 1.807) is 66.2 Å². The van der Waals surface area contributed by atoms with Gasteiger partial charge in [-0.1, -0.05) is 12.2 Å². The molecule has 6 nitrogen and oxygen atoms in total. The Balaban J connectivity index is 3.88. The molecule has 0 fully saturated rings. The van der Waals surface area contributed by atoms with Gasteiger partial charge in [-0.3, -0.25) is 0 Å². The highest BCUT2D eigenvalue weighted by atomic mass is 32.2. The molecule has 0 N–H and O–H groups in total. The van der Waals surface area contributed by atoms with E-state index in [1.165, 1.54) is 0 Å². The Hall–Kier alpha value is 0.984. The number of rotatable bonds is 14. The fourth-order valence-electron chi connectivity index (χ4n) is 2.04. The third-order valence-corrected chi connectivity index (χ3v) is 12.1. The van der Waals surface area contributed by atoms with Gasteiger partial charge in [-0.2, -0.15) is 0 Å². The second-order valence-corrected chi connectivity index (χ2v) is 14.3. The quantitative estimate of drug-likeness (QED) is 0.233. The lowest BCUT2D eigenvalue weighted by Crippen LogP contribution is -2.42. The van der Waals surface area contributed by atoms with Crippen molar-refractivity contribution in [2.75, 3.05) is 54.2 Å². The molecule has 24 heavy (non-hydrogen) atoms. The maximum Gasteiger partial charge on any atom is 0.500 e. The summed E-state index contributed by atoms with van der Waals surface area (Å²) in [5.74, 6) is 1.87. The number of hydrogen-bond donors (Lipinski definition) is 0. The van der Waals surface area contributed by atoms with Crippen molar-refractivity contribution in [2.45, 2.75) is 24.9 Å². The molecule has 0 saturated heterocycles. The molecule has 144 valence electrons. The predicted octanol–water partition coefficient (Wildman–Crippen LogP) is 3.27. The first-order valence-electron chi connectivity index (χ1n) is 7.57. The largest absolute Gasteiger partial charge is 0.500 e. The minimum Gasteiger partial charge on any atom is -0.377 e. The second-order valence-electron chi connectivity index (χ2n) is 4.74. The summed E-state index contributed by atoms with van der Waals surface area (Å²) >= 11 is 8.78. The van der Waals surface area contributed by atoms with Gasteiger partial charge in [-0.05, 0) is 24.3 Å². The van der Waals surface area contributed by atoms with Crippen LogP contribution >= 0.6 is 35.7 Å². The molecule has 0 rings (SSSR count). The van der Waals surface area contributed by atoms with Crippen LogP contribution in [0.15, 0.2) is 0 Å². The Bertz CT molecular complexity index is 297. The van der Waals surface area contributed by atoms with Gasteiger partial charge in [0.15, 0.2) is 0 Å². The molecule has 0 aromatic heterocycles. The maximum absolute atomic E-state index is 5.40. The topological polar surface area (TPSA) is 55.4 Å². The molecular weight excluding hydrogens is 405 g/mol. The zero-order chi connectivity index (χ0) is 18.5. The molecule has 0 amide bonds. The van der Waals surface area contributed by atoms with Crippen LogP contribution in [-0.4, -0.2) is 75.3 Å². The van der Waals surface area contributed by atoms with E-state index in [0.717, 1.165) is 40.0 Å². The van der Waals surface area contributed by atoms with Gasteiger partial charge >= 0.3 is 17.6 Å². The van der Waals surface area contributed by atoms with Crippen molar-refractivity contribution < 1.29 is 26.6 Å². The van der Waals surface area contributed by atoms with Crippen LogP contribution in [0.1, 0.15) is 12.8 Å². The highest BCUT2D eigenvalue weighted by Crippen LogP contribution is 2.24. The van der Waals surface area contributed by atoms with Gasteiger partial charge in [0.2, 0.25) is 0 Å². The molecule has 0 aliphatic carbocycles. The normalized spacial score (nSPS) is 12.6. The predicted molar refractivity (Wildman–Crippen MR) is 110 cm³/mol. The molecule has 0 heterocycles. The molecule has 0 saturated carbocycles. The summed E-state index contributed by atoms with van der Waals surface area (Å²) < 4.78 is 33.4. The van der Waals surface area contributed by atoms with E-state index in [0.29, 0.717) is 0 Å². The van der Waals surface area contributed by atoms with Gasteiger partial charge < -0.3 is 26.6 Å². The molecule has 0 atom stereocenters. The van der Waals surface area contributed by atoms with Crippen molar-refractivity contribution >= 4 is 56.9 Å². The number of thioether (sulfide) groups is 2. The number of thiocarbonyl (C=S) groups is 1. The summed E-state index contributed by atoms with van der Waals surface area (Å²) in [6.07, 6.45) is 1.89. The van der Waals surface area contributed by atoms with E-state index >= 15 is 0 Å². The van der Waals surface area contributed by atoms with Gasteiger partial charge in [-0.25, -0.2) is 0 Å². The van der Waals surface area contributed by atoms with Gasteiger partial charge in [-0.15, -0.1) is 23.5 Å². The molecule has 0 aromatic rings. The zero-order valence-electron chi connectivity index (χ0n) is 15.4. The lowest BCUT2D eigenvalue weighted by Gasteiger charge is -2.24. The van der Waals surface area contributed by atoms with E-state index in [9.17, 15) is 0 Å². The van der Waals surface area contributed by atoms with Crippen LogP contribution < -0.4 is 0 Å². The van der Waals surface area contributed by atoms with Crippen LogP contribution in [0, 0.1) is 0 Å². The maximum atomic E-state index is 5.40. The highest BCUT2D eigenvalue weighted by molar-refractivity contribution is 8.47. The van der Waals surface area contributed by atoms with E-state index in [-0.39, 0.29) is 0 Å². The van der Waals surface area contributed by atoms with Crippen LogP contribution in [-0.2, 0) is 26.6 Å². The van der Waals surface area contributed by atoms with Gasteiger partial charge in [0.25, 0.3) is 0 Å². The molecule has 0 bridgehead atoms. The van der Waals surface area contributed by atoms with E-state index in [4.69, 9.17) is 38.8 Å². The van der Waals surface area contributed by atoms with Crippen LogP contribution in [0.5, 0.6) is 0 Å². The van der Waals surface area contributed by atoms with Crippen LogP contribution in [0.4, 0.5) is 0 Å². The van der Waals surface area contributed by atoms with E-state index in [2.05, 4.69) is 0 Å². The average molecular weight is 435 g/mol. The zero-order valence-corrected chi connectivity index (χ0v) is 19.9. The third kappa shape index (κ3) is 9.08. The summed E-state index contributed by atoms with van der Waals surface area (Å²) in [4.78, 5) is 0. The lowest BCUT2D eigenvalue weighted by atomic mass is 10.6. The summed E-state index contributed by atoms with van der Waals surface area (Å²) in [7, 11) is 4.90. The molecule has 0 unspecified atom stereocenters. The summed E-state index contributed by atoms with van der Waals surface area (Å²) in [6.45, 7) is 0. The standard InChI is InChI=1S/C13H30O6S3Si2/c1-14-23(15-2,16-3)11-7-9-21-13(20)22-10-8-12-24(17-4,18-5)19-6/h7-12H2,1-6H3. The van der Waals surface area contributed by atoms with Crippen molar-refractivity contribution in [2.24, 2.45) is 0 Å². The Kier molecular flexibility index (Phi) is 14.7. The summed E-state index contributed by atoms with van der Waals surface area (Å²) in [6, 6.07) is 1.58. The Morgan fingerprint density at radius 2 is 0.958 bits per heavy atom. The van der Waals surface area contributed by atoms with Crippen molar-refractivity contribution in [1.29, 1.82) is 0 Å². The van der Waals surface area contributed by atoms with Crippen LogP contribution in [0.3, 0.4) is 0 Å². The van der Waals surface area contributed by atoms with Crippen LogP contribution in [0.2, 0.25) is 12.1 Å². The molecule has 0 aromatic carbocycles. The second kappa shape index (κ2) is 14.1. The van der Waals surface area contributed by atoms with Crippen molar-refractivity contribution in [3.05, 3.63) is 0 Å². The fourth-order valence-corrected chi connectivity index (χ4v) is 8.24. The SMILES string of the molecule is CO[Si](CCCSC(=S)SCCC[Si](OC)(OC)OC)(OC)OC. The molecule has 0 spiro atoms. The minimum atomic E-state index is -2.45. The van der Waals surface area contributed by atoms with Crippen molar-refractivity contribution in [3.63, 3.8) is 0 Å². The molecule has 0 aliphatic heterocycles. The fraction of sp³-hybridized carbons (Fsp3) is 0.923. The molecular formula is C13H30O6S3Si2. The van der Waals surface area contributed by atoms with Gasteiger partial charge in [0.1, 0.15) is 3.53 Å². The summed E-state index contributed by atoms with van der Waals surface area (Å²) in [5.41, 5.74) is 0. The first-order chi connectivity index (χ1) is 11.5. The average Bonchev–Trinajstić information content (AvgIpc) is 2.63. The minimum absolute atomic E-state index is 0.792. The first-order valence-corrected chi connectivity index (χ1v) is 13.8. The van der Waals surface area contributed by atoms with Gasteiger partial charge in [0.05, 0.1) is 0 Å². The van der Waals surface area contributed by atoms with Crippen molar-refractivity contribution in [3.8, 4) is 0 Å². The Labute approximate surface area is 162 Å². The summed E-state index contributed by atoms with van der Waals surface area (Å²) in [5, 5.41) is 0. The number of hydrogen-bond acceptors (Lipinski definition) is 9. The third-order valence-electron chi connectivity index (χ3n) is 3.56. The monoisotopic (exact) mass is 434 g/mol. The Morgan fingerprint density at radius 1 is 0.667 bits per heavy atom. The van der Waals surface area contributed by atoms with E-state index in [1.807, 2.05) is 0 Å². The first kappa shape index (κ1) is 25.0. The molecule has 11 heteroatoms. The molecule has 0 aliphatic rings. The smallest absolute Gasteiger partial charge is 0.377 e. The van der Waals surface area contributed by atoms with Crippen molar-refractivity contribution in [1.82, 2.24) is 0 Å². The Morgan fingerprint density at radius 3 is 1.21 bits per heavy atom. The highest BCUT2D eigenvalue weighted by Gasteiger charge is 2.37. The lowest BCUT2D eigenvalue weighted by molar-refractivity contribution is 0.123. The van der Waals surface area contributed by atoms with E-state index < -0.39 is 17.6 Å².